The van der Waals surface area contributed by atoms with Crippen LogP contribution in [0.5, 0.6) is 0 Å². The molecule has 6 heteroatoms. The number of anilines is 9. The van der Waals surface area contributed by atoms with Crippen molar-refractivity contribution >= 4 is 117 Å². The van der Waals surface area contributed by atoms with Crippen LogP contribution >= 0.6 is 0 Å². The molecule has 0 saturated carbocycles. The summed E-state index contributed by atoms with van der Waals surface area (Å²) in [7, 11) is 0. The van der Waals surface area contributed by atoms with E-state index >= 15 is 0 Å². The normalized spacial score (nSPS) is 11.2. The van der Waals surface area contributed by atoms with Gasteiger partial charge in [0.1, 0.15) is 33.5 Å². The molecule has 680 valence electrons. The Hall–Kier alpha value is -19.1. The number of fused-ring (bicyclic) bond motifs is 9. The summed E-state index contributed by atoms with van der Waals surface area (Å²) in [6, 6.07) is 204. The summed E-state index contributed by atoms with van der Waals surface area (Å²) in [5, 5.41) is 6.87. The van der Waals surface area contributed by atoms with Gasteiger partial charge in [-0.05, 0) is 268 Å². The molecule has 0 aliphatic carbocycles. The van der Waals surface area contributed by atoms with Gasteiger partial charge in [-0.3, -0.25) is 0 Å². The van der Waals surface area contributed by atoms with Crippen molar-refractivity contribution in [2.45, 2.75) is 0 Å². The first-order chi connectivity index (χ1) is 71.3. The quantitative estimate of drug-likeness (QED) is 0.0758. The van der Waals surface area contributed by atoms with Crippen LogP contribution in [0.25, 0.3) is 188 Å². The van der Waals surface area contributed by atoms with Gasteiger partial charge < -0.3 is 28.0 Å². The highest BCUT2D eigenvalue weighted by molar-refractivity contribution is 6.11. The average molecular weight is 1840 g/mol. The summed E-state index contributed by atoms with van der Waals surface area (Å²) in [5.74, 6) is 0. The monoisotopic (exact) mass is 1840 g/mol. The van der Waals surface area contributed by atoms with Crippen molar-refractivity contribution in [3.05, 3.63) is 576 Å². The van der Waals surface area contributed by atoms with Crippen molar-refractivity contribution in [2.24, 2.45) is 0 Å². The van der Waals surface area contributed by atoms with E-state index in [1.54, 1.807) is 0 Å². The Morgan fingerprint density at radius 2 is 0.271 bits per heavy atom. The maximum absolute atomic E-state index is 6.31. The SMILES string of the molecule is c1ccc(-c2ccc(N(c3ccc(-c4ccccc4)cc3)c3ccc(-c4ccc(-c5ccc6oc7ccccc7c6c5)cc4)cc3)cc2)cc1.c1ccc(-c2ccc(N(c3ccc(-c4ccccc4)cc3)c3ccc(-c4ccc(-c5cccc6c5oc5ccccc56)cc4)cc3)cc2)cc1.c1ccc(-c2ccc(N(c3ccc(-c4ccccc4)cc3)c3ccc(-c4ccc5oc6ccccc6c5c4)cc3)cc2)cc1. The molecule has 26 rings (SSSR count). The lowest BCUT2D eigenvalue weighted by atomic mass is 9.98. The molecule has 0 bridgehead atoms. The summed E-state index contributed by atoms with van der Waals surface area (Å²) < 4.78 is 18.4. The maximum Gasteiger partial charge on any atom is 0.143 e. The summed E-state index contributed by atoms with van der Waals surface area (Å²) in [4.78, 5) is 6.97. The lowest BCUT2D eigenvalue weighted by Crippen LogP contribution is -2.09. The zero-order valence-corrected chi connectivity index (χ0v) is 78.9. The molecule has 0 amide bonds. The second-order valence-corrected chi connectivity index (χ2v) is 36.2. The Morgan fingerprint density at radius 1 is 0.104 bits per heavy atom. The highest BCUT2D eigenvalue weighted by Gasteiger charge is 2.22. The topological polar surface area (TPSA) is 49.1 Å². The van der Waals surface area contributed by atoms with Crippen molar-refractivity contribution in [1.29, 1.82) is 0 Å². The first-order valence-electron chi connectivity index (χ1n) is 48.9. The van der Waals surface area contributed by atoms with Crippen LogP contribution < -0.4 is 14.7 Å². The standard InChI is InChI=1S/2C48H33NO.C42H29NO/c1-3-10-34(11-4-1)37-22-28-41(29-23-37)49(42-30-24-38(25-31-42)35-12-5-2-6-13-35)43-32-26-39(27-33-43)36-18-20-40(21-19-36)44-15-9-16-46-45-14-7-8-17-47(45)50-48(44)46;1-3-9-34(10-4-1)37-19-26-42(27-20-37)49(43-28-21-38(22-29-43)35-11-5-2-6-12-35)44-30-23-39(24-31-44)36-15-17-40(18-16-36)41-25-32-48-46(33-41)45-13-7-8-14-47(45)50-48;1-3-9-30(10-4-1)32-15-22-36(23-16-32)43(37-24-17-33(18-25-37)31-11-5-2-6-12-31)38-26-19-34(20-27-38)35-21-28-42-40(29-35)39-13-7-8-14-41(39)44-42/h2*1-33H;1-29H. The Kier molecular flexibility index (Phi) is 24.2. The number of hydrogen-bond donors (Lipinski definition) is 0. The number of furan rings is 3. The zero-order chi connectivity index (χ0) is 95.9. The van der Waals surface area contributed by atoms with E-state index in [0.29, 0.717) is 0 Å². The van der Waals surface area contributed by atoms with Gasteiger partial charge in [-0.15, -0.1) is 0 Å². The summed E-state index contributed by atoms with van der Waals surface area (Å²) in [6.45, 7) is 0. The molecular formula is C138H95N3O3. The zero-order valence-electron chi connectivity index (χ0n) is 78.9. The number of rotatable bonds is 20. The first-order valence-corrected chi connectivity index (χ1v) is 48.9. The summed E-state index contributed by atoms with van der Waals surface area (Å²) >= 11 is 0. The van der Waals surface area contributed by atoms with Crippen LogP contribution in [0.1, 0.15) is 0 Å². The molecule has 26 aromatic rings. The highest BCUT2D eigenvalue weighted by atomic mass is 16.3. The van der Waals surface area contributed by atoms with Gasteiger partial charge in [-0.1, -0.05) is 425 Å². The smallest absolute Gasteiger partial charge is 0.143 e. The predicted octanol–water partition coefficient (Wildman–Crippen LogP) is 39.5. The van der Waals surface area contributed by atoms with E-state index in [9.17, 15) is 0 Å². The Bertz CT molecular complexity index is 8650. The second-order valence-electron chi connectivity index (χ2n) is 36.2. The molecule has 0 saturated heterocycles. The van der Waals surface area contributed by atoms with Crippen molar-refractivity contribution in [3.63, 3.8) is 0 Å². The van der Waals surface area contributed by atoms with Crippen LogP contribution in [0.2, 0.25) is 0 Å². The molecular weight excluding hydrogens is 1750 g/mol. The molecule has 0 spiro atoms. The molecule has 6 nitrogen and oxygen atoms in total. The van der Waals surface area contributed by atoms with Gasteiger partial charge >= 0.3 is 0 Å². The number of benzene rings is 23. The molecule has 23 aromatic carbocycles. The third kappa shape index (κ3) is 18.3. The largest absolute Gasteiger partial charge is 0.456 e. The fraction of sp³-hybridized carbons (Fsp3) is 0. The van der Waals surface area contributed by atoms with E-state index in [1.807, 2.05) is 36.4 Å². The fourth-order valence-corrected chi connectivity index (χ4v) is 19.8. The van der Waals surface area contributed by atoms with Gasteiger partial charge in [0.05, 0.1) is 0 Å². The predicted molar refractivity (Wildman–Crippen MR) is 605 cm³/mol. The van der Waals surface area contributed by atoms with Crippen molar-refractivity contribution in [1.82, 2.24) is 0 Å². The molecule has 3 aromatic heterocycles. The Morgan fingerprint density at radius 3 is 0.514 bits per heavy atom. The molecule has 144 heavy (non-hydrogen) atoms. The third-order valence-electron chi connectivity index (χ3n) is 27.3. The Labute approximate surface area is 837 Å². The van der Waals surface area contributed by atoms with E-state index < -0.39 is 0 Å². The van der Waals surface area contributed by atoms with Gasteiger partial charge in [0, 0.05) is 89.1 Å². The molecule has 0 N–H and O–H groups in total. The van der Waals surface area contributed by atoms with Crippen LogP contribution in [-0.4, -0.2) is 0 Å². The van der Waals surface area contributed by atoms with E-state index in [1.165, 1.54) is 111 Å². The molecule has 0 fully saturated rings. The maximum atomic E-state index is 6.31. The second kappa shape index (κ2) is 39.8. The van der Waals surface area contributed by atoms with E-state index in [4.69, 9.17) is 13.3 Å². The molecule has 0 aliphatic rings. The van der Waals surface area contributed by atoms with E-state index in [2.05, 4.69) is 555 Å². The van der Waals surface area contributed by atoms with Crippen LogP contribution in [0.3, 0.4) is 0 Å². The van der Waals surface area contributed by atoms with Crippen molar-refractivity contribution in [2.75, 3.05) is 14.7 Å². The minimum Gasteiger partial charge on any atom is -0.456 e. The average Bonchev–Trinajstić information content (AvgIpc) is 1.60. The highest BCUT2D eigenvalue weighted by Crippen LogP contribution is 2.46. The molecule has 0 unspecified atom stereocenters. The van der Waals surface area contributed by atoms with Gasteiger partial charge in [0.15, 0.2) is 0 Å². The van der Waals surface area contributed by atoms with Crippen LogP contribution in [0, 0.1) is 0 Å². The summed E-state index contributed by atoms with van der Waals surface area (Å²) in [5.41, 5.74) is 41.6. The number of hydrogen-bond acceptors (Lipinski definition) is 6. The lowest BCUT2D eigenvalue weighted by Gasteiger charge is -2.26. The molecule has 0 aliphatic heterocycles. The Balaban J connectivity index is 0.000000117. The van der Waals surface area contributed by atoms with Crippen LogP contribution in [0.4, 0.5) is 51.2 Å². The lowest BCUT2D eigenvalue weighted by molar-refractivity contribution is 0.668. The van der Waals surface area contributed by atoms with Gasteiger partial charge in [-0.2, -0.15) is 0 Å². The summed E-state index contributed by atoms with van der Waals surface area (Å²) in [6.07, 6.45) is 0. The number of nitrogens with zero attached hydrogens (tertiary/aromatic N) is 3. The minimum atomic E-state index is 0.913. The van der Waals surface area contributed by atoms with Crippen molar-refractivity contribution in [3.8, 4) is 122 Å². The minimum absolute atomic E-state index is 0.913. The molecule has 0 atom stereocenters. The fourth-order valence-electron chi connectivity index (χ4n) is 19.8. The van der Waals surface area contributed by atoms with E-state index in [0.717, 1.165) is 128 Å². The third-order valence-corrected chi connectivity index (χ3v) is 27.3. The van der Waals surface area contributed by atoms with Gasteiger partial charge in [0.2, 0.25) is 0 Å². The molecule has 0 radical (unpaired) electrons. The number of para-hydroxylation sites is 4. The van der Waals surface area contributed by atoms with Crippen LogP contribution in [0.15, 0.2) is 590 Å². The molecule has 3 heterocycles. The van der Waals surface area contributed by atoms with Crippen LogP contribution in [-0.2, 0) is 0 Å². The van der Waals surface area contributed by atoms with Gasteiger partial charge in [0.25, 0.3) is 0 Å². The van der Waals surface area contributed by atoms with Gasteiger partial charge in [-0.25, -0.2) is 0 Å². The van der Waals surface area contributed by atoms with Crippen molar-refractivity contribution < 1.29 is 13.3 Å². The first kappa shape index (κ1) is 87.6. The van der Waals surface area contributed by atoms with E-state index in [-0.39, 0.29) is 0 Å².